The molecule has 1 aromatic rings. The van der Waals surface area contributed by atoms with Crippen LogP contribution in [0.15, 0.2) is 36.9 Å². The summed E-state index contributed by atoms with van der Waals surface area (Å²) in [6.07, 6.45) is -0.553. The maximum atomic E-state index is 12.2. The van der Waals surface area contributed by atoms with Gasteiger partial charge in [-0.25, -0.2) is 4.79 Å². The Kier molecular flexibility index (Phi) is 7.25. The summed E-state index contributed by atoms with van der Waals surface area (Å²) in [6.45, 7) is 8.38. The van der Waals surface area contributed by atoms with Crippen LogP contribution >= 0.6 is 0 Å². The van der Waals surface area contributed by atoms with Crippen LogP contribution in [0.1, 0.15) is 12.8 Å². The number of carbonyl (C=O) groups is 1. The van der Waals surface area contributed by atoms with Gasteiger partial charge >= 0.3 is 12.4 Å². The van der Waals surface area contributed by atoms with Gasteiger partial charge in [-0.15, -0.1) is 19.8 Å². The van der Waals surface area contributed by atoms with Gasteiger partial charge in [0.1, 0.15) is 5.75 Å². The number of fused-ring (bicyclic) bond motifs is 3. The Labute approximate surface area is 175 Å². The Balaban J connectivity index is 1.43. The number of ether oxygens (including phenoxy) is 1. The van der Waals surface area contributed by atoms with Crippen LogP contribution < -0.4 is 15.4 Å². The topological polar surface area (TPSA) is 56.8 Å². The van der Waals surface area contributed by atoms with E-state index in [1.165, 1.54) is 30.7 Å². The number of halogens is 3. The van der Waals surface area contributed by atoms with Crippen LogP contribution in [0.2, 0.25) is 0 Å². The Morgan fingerprint density at radius 3 is 2.70 bits per heavy atom. The molecule has 9 heteroatoms. The number of anilines is 1. The van der Waals surface area contributed by atoms with Crippen molar-refractivity contribution in [2.75, 3.05) is 45.1 Å². The smallest absolute Gasteiger partial charge is 0.406 e. The van der Waals surface area contributed by atoms with Crippen LogP contribution in [0.25, 0.3) is 0 Å². The summed E-state index contributed by atoms with van der Waals surface area (Å²) in [4.78, 5) is 16.9. The first-order valence-corrected chi connectivity index (χ1v) is 10.2. The van der Waals surface area contributed by atoms with E-state index in [4.69, 9.17) is 0 Å². The summed E-state index contributed by atoms with van der Waals surface area (Å²) in [5.41, 5.74) is 0.401. The molecular formula is C21H29F3N4O2. The van der Waals surface area contributed by atoms with Gasteiger partial charge in [0.15, 0.2) is 0 Å². The molecule has 0 radical (unpaired) electrons. The van der Waals surface area contributed by atoms with Crippen molar-refractivity contribution in [3.8, 4) is 5.75 Å². The Morgan fingerprint density at radius 1 is 1.37 bits per heavy atom. The van der Waals surface area contributed by atoms with E-state index in [9.17, 15) is 18.0 Å². The lowest BCUT2D eigenvalue weighted by molar-refractivity contribution is -0.274. The highest BCUT2D eigenvalue weighted by atomic mass is 19.4. The van der Waals surface area contributed by atoms with E-state index >= 15 is 0 Å². The largest absolute Gasteiger partial charge is 0.573 e. The Hall–Kier alpha value is -2.26. The molecule has 3 fully saturated rings. The number of alkyl halides is 3. The standard InChI is InChI=1S/C21H29F3N4O2/c1-3-9-27(2)13-16-14-28-10-8-15(16)11-18(28)12-25-20(29)26-17-4-6-19(7-5-17)30-21(22,23)24/h3-7,15-16,18H,1,8-14H2,2H3,(H2,25,26,29)/t15-,16-,18+/m0/s1. The maximum Gasteiger partial charge on any atom is 0.573 e. The van der Waals surface area contributed by atoms with Gasteiger partial charge in [0.25, 0.3) is 0 Å². The van der Waals surface area contributed by atoms with E-state index in [2.05, 4.69) is 38.8 Å². The molecule has 166 valence electrons. The number of hydrogen-bond acceptors (Lipinski definition) is 4. The minimum absolute atomic E-state index is 0.318. The number of nitrogens with zero attached hydrogens (tertiary/aromatic N) is 2. The number of carbonyl (C=O) groups excluding carboxylic acids is 1. The van der Waals surface area contributed by atoms with E-state index < -0.39 is 6.36 Å². The predicted molar refractivity (Wildman–Crippen MR) is 109 cm³/mol. The second kappa shape index (κ2) is 9.70. The number of urea groups is 1. The highest BCUT2D eigenvalue weighted by Crippen LogP contribution is 2.36. The minimum Gasteiger partial charge on any atom is -0.406 e. The van der Waals surface area contributed by atoms with Gasteiger partial charge in [-0.1, -0.05) is 6.08 Å². The monoisotopic (exact) mass is 426 g/mol. The summed E-state index contributed by atoms with van der Waals surface area (Å²) in [6, 6.07) is 5.02. The molecule has 1 aromatic carbocycles. The number of hydrogen-bond donors (Lipinski definition) is 2. The molecule has 2 N–H and O–H groups in total. The zero-order valence-electron chi connectivity index (χ0n) is 17.1. The summed E-state index contributed by atoms with van der Waals surface area (Å²) in [7, 11) is 2.12. The lowest BCUT2D eigenvalue weighted by Crippen LogP contribution is -2.58. The van der Waals surface area contributed by atoms with Crippen molar-refractivity contribution in [1.82, 2.24) is 15.1 Å². The third-order valence-corrected chi connectivity index (χ3v) is 5.84. The first-order chi connectivity index (χ1) is 14.2. The number of benzene rings is 1. The molecule has 3 aliphatic rings. The predicted octanol–water partition coefficient (Wildman–Crippen LogP) is 3.53. The highest BCUT2D eigenvalue weighted by Gasteiger charge is 2.40. The third-order valence-electron chi connectivity index (χ3n) is 5.84. The van der Waals surface area contributed by atoms with Gasteiger partial charge in [-0.2, -0.15) is 0 Å². The van der Waals surface area contributed by atoms with Gasteiger partial charge < -0.3 is 20.3 Å². The summed E-state index contributed by atoms with van der Waals surface area (Å²) in [5.74, 6) is 0.984. The van der Waals surface area contributed by atoms with Gasteiger partial charge in [-0.3, -0.25) is 4.90 Å². The molecule has 3 saturated heterocycles. The minimum atomic E-state index is -4.74. The lowest BCUT2D eigenvalue weighted by atomic mass is 9.75. The molecule has 2 amide bonds. The fourth-order valence-corrected chi connectivity index (χ4v) is 4.49. The molecule has 6 nitrogen and oxygen atoms in total. The number of amides is 2. The molecule has 3 heterocycles. The van der Waals surface area contributed by atoms with Crippen molar-refractivity contribution in [1.29, 1.82) is 0 Å². The number of likely N-dealkylation sites (N-methyl/N-ethyl adjacent to an activating group) is 1. The molecular weight excluding hydrogens is 397 g/mol. The van der Waals surface area contributed by atoms with Gasteiger partial charge in [0.2, 0.25) is 0 Å². The van der Waals surface area contributed by atoms with Gasteiger partial charge in [-0.05, 0) is 62.5 Å². The van der Waals surface area contributed by atoms with Crippen molar-refractivity contribution in [3.63, 3.8) is 0 Å². The fraction of sp³-hybridized carbons (Fsp3) is 0.571. The van der Waals surface area contributed by atoms with E-state index in [0.29, 0.717) is 30.1 Å². The second-order valence-corrected chi connectivity index (χ2v) is 8.11. The highest BCUT2D eigenvalue weighted by molar-refractivity contribution is 5.89. The SMILES string of the molecule is C=CCN(C)C[C@H]1CN2CC[C@H]1C[C@@H]2CNC(=O)Nc1ccc(OC(F)(F)F)cc1. The average molecular weight is 426 g/mol. The van der Waals surface area contributed by atoms with Crippen LogP contribution in [-0.4, -0.2) is 68.0 Å². The molecule has 0 aromatic heterocycles. The number of piperidine rings is 3. The number of nitrogens with one attached hydrogen (secondary N) is 2. The zero-order valence-corrected chi connectivity index (χ0v) is 17.1. The molecule has 4 rings (SSSR count). The van der Waals surface area contributed by atoms with Crippen LogP contribution in [0, 0.1) is 11.8 Å². The van der Waals surface area contributed by atoms with Crippen LogP contribution in [0.3, 0.4) is 0 Å². The lowest BCUT2D eigenvalue weighted by Gasteiger charge is -2.50. The summed E-state index contributed by atoms with van der Waals surface area (Å²) in [5, 5.41) is 5.53. The van der Waals surface area contributed by atoms with E-state index in [0.717, 1.165) is 32.6 Å². The molecule has 30 heavy (non-hydrogen) atoms. The van der Waals surface area contributed by atoms with Crippen LogP contribution in [0.5, 0.6) is 5.75 Å². The quantitative estimate of drug-likeness (QED) is 0.625. The molecule has 0 spiro atoms. The molecule has 4 atom stereocenters. The van der Waals surface area contributed by atoms with Crippen LogP contribution in [0.4, 0.5) is 23.7 Å². The first-order valence-electron chi connectivity index (χ1n) is 10.2. The van der Waals surface area contributed by atoms with Gasteiger partial charge in [0, 0.05) is 37.9 Å². The van der Waals surface area contributed by atoms with Gasteiger partial charge in [0.05, 0.1) is 0 Å². The Bertz CT molecular complexity index is 726. The van der Waals surface area contributed by atoms with Crippen molar-refractivity contribution < 1.29 is 22.7 Å². The van der Waals surface area contributed by atoms with Crippen molar-refractivity contribution >= 4 is 11.7 Å². The normalized spacial score (nSPS) is 25.8. The molecule has 0 aliphatic carbocycles. The second-order valence-electron chi connectivity index (χ2n) is 8.11. The maximum absolute atomic E-state index is 12.2. The fourth-order valence-electron chi connectivity index (χ4n) is 4.49. The molecule has 2 bridgehead atoms. The Morgan fingerprint density at radius 2 is 2.10 bits per heavy atom. The zero-order chi connectivity index (χ0) is 21.7. The molecule has 1 unspecified atom stereocenters. The van der Waals surface area contributed by atoms with E-state index in [1.807, 2.05) is 6.08 Å². The molecule has 0 saturated carbocycles. The first kappa shape index (κ1) is 22.4. The van der Waals surface area contributed by atoms with Crippen molar-refractivity contribution in [2.24, 2.45) is 11.8 Å². The summed E-state index contributed by atoms with van der Waals surface area (Å²) >= 11 is 0. The van der Waals surface area contributed by atoms with Crippen molar-refractivity contribution in [2.45, 2.75) is 25.2 Å². The van der Waals surface area contributed by atoms with E-state index in [1.54, 1.807) is 0 Å². The number of rotatable bonds is 8. The van der Waals surface area contributed by atoms with Crippen molar-refractivity contribution in [3.05, 3.63) is 36.9 Å². The third kappa shape index (κ3) is 6.37. The van der Waals surface area contributed by atoms with E-state index in [-0.39, 0.29) is 11.8 Å². The van der Waals surface area contributed by atoms with Crippen LogP contribution in [-0.2, 0) is 0 Å². The summed E-state index contributed by atoms with van der Waals surface area (Å²) < 4.78 is 40.4. The molecule has 3 aliphatic heterocycles. The average Bonchev–Trinajstić information content (AvgIpc) is 2.68.